The maximum atomic E-state index is 13.3. The SMILES string of the molecule is O=C(NCc1cccc(F)c1)c1cc(=O)nc2sc(N3CCCCCC3)nn12. The molecule has 0 radical (unpaired) electrons. The zero-order valence-electron chi connectivity index (χ0n) is 15.2. The van der Waals surface area contributed by atoms with Crippen LogP contribution < -0.4 is 15.8 Å². The maximum absolute atomic E-state index is 13.3. The number of nitrogens with one attached hydrogen (secondary N) is 1. The third-order valence-electron chi connectivity index (χ3n) is 4.69. The summed E-state index contributed by atoms with van der Waals surface area (Å²) in [5, 5.41) is 8.03. The van der Waals surface area contributed by atoms with Gasteiger partial charge in [0, 0.05) is 25.7 Å². The van der Waals surface area contributed by atoms with Gasteiger partial charge in [0.25, 0.3) is 11.5 Å². The summed E-state index contributed by atoms with van der Waals surface area (Å²) in [6.07, 6.45) is 4.60. The number of benzene rings is 1. The fourth-order valence-corrected chi connectivity index (χ4v) is 4.24. The normalized spacial score (nSPS) is 14.8. The summed E-state index contributed by atoms with van der Waals surface area (Å²) in [7, 11) is 0. The number of carbonyl (C=O) groups is 1. The Bertz CT molecular complexity index is 1060. The van der Waals surface area contributed by atoms with Gasteiger partial charge in [-0.3, -0.25) is 9.59 Å². The van der Waals surface area contributed by atoms with Crippen LogP contribution >= 0.6 is 11.3 Å². The quantitative estimate of drug-likeness (QED) is 0.727. The van der Waals surface area contributed by atoms with Gasteiger partial charge in [-0.05, 0) is 30.5 Å². The Balaban J connectivity index is 1.60. The van der Waals surface area contributed by atoms with Gasteiger partial charge in [-0.1, -0.05) is 36.3 Å². The molecule has 3 aromatic rings. The average molecular weight is 401 g/mol. The minimum absolute atomic E-state index is 0.128. The first kappa shape index (κ1) is 18.5. The van der Waals surface area contributed by atoms with E-state index in [2.05, 4.69) is 20.3 Å². The van der Waals surface area contributed by atoms with Crippen molar-refractivity contribution in [3.63, 3.8) is 0 Å². The molecule has 1 saturated heterocycles. The van der Waals surface area contributed by atoms with Crippen LogP contribution in [0.15, 0.2) is 35.1 Å². The molecule has 0 bridgehead atoms. The number of aromatic nitrogens is 3. The second kappa shape index (κ2) is 8.05. The van der Waals surface area contributed by atoms with Gasteiger partial charge in [-0.15, -0.1) is 5.10 Å². The maximum Gasteiger partial charge on any atom is 0.274 e. The Morgan fingerprint density at radius 3 is 2.71 bits per heavy atom. The minimum Gasteiger partial charge on any atom is -0.347 e. The van der Waals surface area contributed by atoms with Gasteiger partial charge in [-0.2, -0.15) is 9.50 Å². The molecule has 146 valence electrons. The molecule has 0 spiro atoms. The van der Waals surface area contributed by atoms with Gasteiger partial charge < -0.3 is 10.2 Å². The van der Waals surface area contributed by atoms with E-state index >= 15 is 0 Å². The standard InChI is InChI=1S/C19H20FN5O2S/c20-14-7-5-6-13(10-14)12-21-17(27)15-11-16(26)22-18-25(15)23-19(28-18)24-8-3-1-2-4-9-24/h5-7,10-11H,1-4,8-9,12H2,(H,21,27). The average Bonchev–Trinajstić information content (AvgIpc) is 2.91. The second-order valence-electron chi connectivity index (χ2n) is 6.77. The fourth-order valence-electron chi connectivity index (χ4n) is 3.28. The third kappa shape index (κ3) is 4.04. The Morgan fingerprint density at radius 2 is 1.96 bits per heavy atom. The number of carbonyl (C=O) groups excluding carboxylic acids is 1. The summed E-state index contributed by atoms with van der Waals surface area (Å²) in [5.74, 6) is -0.817. The highest BCUT2D eigenvalue weighted by atomic mass is 32.1. The molecular weight excluding hydrogens is 381 g/mol. The van der Waals surface area contributed by atoms with E-state index in [1.165, 1.54) is 46.9 Å². The number of hydrogen-bond donors (Lipinski definition) is 1. The van der Waals surface area contributed by atoms with Crippen LogP contribution in [0.4, 0.5) is 9.52 Å². The van der Waals surface area contributed by atoms with Gasteiger partial charge in [0.2, 0.25) is 10.1 Å². The van der Waals surface area contributed by atoms with Crippen molar-refractivity contribution in [1.29, 1.82) is 0 Å². The van der Waals surface area contributed by atoms with E-state index in [1.807, 2.05) is 0 Å². The molecule has 2 aromatic heterocycles. The highest BCUT2D eigenvalue weighted by Gasteiger charge is 2.19. The second-order valence-corrected chi connectivity index (χ2v) is 7.71. The Hall–Kier alpha value is -2.81. The predicted octanol–water partition coefficient (Wildman–Crippen LogP) is 2.60. The predicted molar refractivity (Wildman–Crippen MR) is 105 cm³/mol. The van der Waals surface area contributed by atoms with Gasteiger partial charge in [0.1, 0.15) is 11.5 Å². The monoisotopic (exact) mass is 401 g/mol. The van der Waals surface area contributed by atoms with Crippen molar-refractivity contribution >= 4 is 27.3 Å². The lowest BCUT2D eigenvalue weighted by Crippen LogP contribution is -2.28. The zero-order chi connectivity index (χ0) is 19.5. The van der Waals surface area contributed by atoms with Crippen LogP contribution in [0.25, 0.3) is 4.96 Å². The number of rotatable bonds is 4. The molecule has 0 unspecified atom stereocenters. The van der Waals surface area contributed by atoms with E-state index in [4.69, 9.17) is 0 Å². The van der Waals surface area contributed by atoms with Crippen molar-refractivity contribution in [2.75, 3.05) is 18.0 Å². The number of hydrogen-bond acceptors (Lipinski definition) is 6. The summed E-state index contributed by atoms with van der Waals surface area (Å²) in [4.78, 5) is 31.2. The topological polar surface area (TPSA) is 79.6 Å². The summed E-state index contributed by atoms with van der Waals surface area (Å²) in [6, 6.07) is 7.18. The van der Waals surface area contributed by atoms with E-state index in [-0.39, 0.29) is 18.1 Å². The lowest BCUT2D eigenvalue weighted by Gasteiger charge is -2.17. The van der Waals surface area contributed by atoms with Crippen molar-refractivity contribution in [2.45, 2.75) is 32.2 Å². The van der Waals surface area contributed by atoms with Crippen molar-refractivity contribution < 1.29 is 9.18 Å². The zero-order valence-corrected chi connectivity index (χ0v) is 16.0. The van der Waals surface area contributed by atoms with Gasteiger partial charge in [-0.25, -0.2) is 4.39 Å². The molecule has 9 heteroatoms. The molecule has 1 aromatic carbocycles. The highest BCUT2D eigenvalue weighted by Crippen LogP contribution is 2.25. The molecule has 0 saturated carbocycles. The number of anilines is 1. The Labute approximate surface area is 164 Å². The minimum atomic E-state index is -0.484. The number of fused-ring (bicyclic) bond motifs is 1. The molecule has 3 heterocycles. The molecule has 1 fully saturated rings. The van der Waals surface area contributed by atoms with Crippen LogP contribution in [0.1, 0.15) is 41.7 Å². The smallest absolute Gasteiger partial charge is 0.274 e. The first-order valence-corrected chi connectivity index (χ1v) is 10.1. The van der Waals surface area contributed by atoms with Gasteiger partial charge in [0.15, 0.2) is 0 Å². The lowest BCUT2D eigenvalue weighted by molar-refractivity contribution is 0.0943. The van der Waals surface area contributed by atoms with Crippen LogP contribution in [0.5, 0.6) is 0 Å². The first-order valence-electron chi connectivity index (χ1n) is 9.29. The molecule has 7 nitrogen and oxygen atoms in total. The molecule has 1 aliphatic heterocycles. The van der Waals surface area contributed by atoms with Crippen LogP contribution in [0.3, 0.4) is 0 Å². The summed E-state index contributed by atoms with van der Waals surface area (Å²) in [5.41, 5.74) is 0.278. The molecule has 0 aliphatic carbocycles. The number of amides is 1. The fraction of sp³-hybridized carbons (Fsp3) is 0.368. The molecule has 0 atom stereocenters. The molecule has 1 N–H and O–H groups in total. The van der Waals surface area contributed by atoms with Crippen LogP contribution in [0.2, 0.25) is 0 Å². The van der Waals surface area contributed by atoms with Crippen LogP contribution in [-0.4, -0.2) is 33.6 Å². The van der Waals surface area contributed by atoms with Crippen molar-refractivity contribution in [2.24, 2.45) is 0 Å². The highest BCUT2D eigenvalue weighted by molar-refractivity contribution is 7.20. The van der Waals surface area contributed by atoms with E-state index in [9.17, 15) is 14.0 Å². The van der Waals surface area contributed by atoms with Gasteiger partial charge in [0.05, 0.1) is 0 Å². The van der Waals surface area contributed by atoms with Crippen LogP contribution in [0, 0.1) is 5.82 Å². The molecule has 1 aliphatic rings. The van der Waals surface area contributed by atoms with E-state index in [0.717, 1.165) is 31.1 Å². The number of nitrogens with zero attached hydrogens (tertiary/aromatic N) is 4. The van der Waals surface area contributed by atoms with Crippen LogP contribution in [-0.2, 0) is 6.54 Å². The van der Waals surface area contributed by atoms with Crippen molar-refractivity contribution in [3.05, 3.63) is 57.8 Å². The van der Waals surface area contributed by atoms with Crippen molar-refractivity contribution in [3.8, 4) is 0 Å². The summed E-state index contributed by atoms with van der Waals surface area (Å²) < 4.78 is 14.7. The third-order valence-corrected chi connectivity index (χ3v) is 5.66. The molecule has 4 rings (SSSR count). The molecule has 28 heavy (non-hydrogen) atoms. The molecule has 1 amide bonds. The Morgan fingerprint density at radius 1 is 1.18 bits per heavy atom. The first-order chi connectivity index (χ1) is 13.6. The van der Waals surface area contributed by atoms with E-state index in [0.29, 0.717) is 10.5 Å². The number of halogens is 1. The van der Waals surface area contributed by atoms with Crippen molar-refractivity contribution in [1.82, 2.24) is 19.9 Å². The largest absolute Gasteiger partial charge is 0.347 e. The van der Waals surface area contributed by atoms with E-state index in [1.54, 1.807) is 12.1 Å². The van der Waals surface area contributed by atoms with E-state index < -0.39 is 11.5 Å². The van der Waals surface area contributed by atoms with Gasteiger partial charge >= 0.3 is 0 Å². The summed E-state index contributed by atoms with van der Waals surface area (Å²) >= 11 is 1.31. The molecular formula is C19H20FN5O2S. The summed E-state index contributed by atoms with van der Waals surface area (Å²) in [6.45, 7) is 1.97. The Kier molecular flexibility index (Phi) is 5.34. The lowest BCUT2D eigenvalue weighted by atomic mass is 10.2.